The second-order valence-electron chi connectivity index (χ2n) is 9.73. The van der Waals surface area contributed by atoms with Crippen LogP contribution in [0.3, 0.4) is 0 Å². The SMILES string of the molecule is CCOc1cccc([C@H]2c3cccn3-c3sc4c(c3CN2C(=O)Nc2ccc(C)c(F)c2)CCCC4)c1. The number of nitrogens with one attached hydrogen (secondary N) is 1. The first-order valence-corrected chi connectivity index (χ1v) is 13.7. The van der Waals surface area contributed by atoms with Crippen LogP contribution in [0.5, 0.6) is 5.75 Å². The maximum Gasteiger partial charge on any atom is 0.322 e. The van der Waals surface area contributed by atoms with Crippen LogP contribution in [0.4, 0.5) is 14.9 Å². The quantitative estimate of drug-likeness (QED) is 0.308. The normalized spacial score (nSPS) is 16.4. The fourth-order valence-corrected chi connectivity index (χ4v) is 6.95. The highest BCUT2D eigenvalue weighted by molar-refractivity contribution is 7.15. The van der Waals surface area contributed by atoms with Gasteiger partial charge in [0.25, 0.3) is 0 Å². The molecule has 1 N–H and O–H groups in total. The summed E-state index contributed by atoms with van der Waals surface area (Å²) in [5, 5.41) is 4.19. The minimum absolute atomic E-state index is 0.258. The summed E-state index contributed by atoms with van der Waals surface area (Å²) < 4.78 is 22.4. The van der Waals surface area contributed by atoms with Crippen molar-refractivity contribution in [2.45, 2.75) is 52.1 Å². The summed E-state index contributed by atoms with van der Waals surface area (Å²) in [5.41, 5.74) is 5.61. The van der Waals surface area contributed by atoms with E-state index in [1.165, 1.54) is 39.9 Å². The molecule has 0 saturated heterocycles. The Morgan fingerprint density at radius 3 is 2.81 bits per heavy atom. The van der Waals surface area contributed by atoms with E-state index in [0.717, 1.165) is 29.8 Å². The fraction of sp³-hybridized carbons (Fsp3) is 0.300. The summed E-state index contributed by atoms with van der Waals surface area (Å²) in [7, 11) is 0. The van der Waals surface area contributed by atoms with Crippen molar-refractivity contribution in [3.63, 3.8) is 0 Å². The monoisotopic (exact) mass is 515 g/mol. The molecule has 0 radical (unpaired) electrons. The number of anilines is 1. The molecule has 5 nitrogen and oxygen atoms in total. The van der Waals surface area contributed by atoms with Gasteiger partial charge in [-0.3, -0.25) is 0 Å². The number of fused-ring (bicyclic) bond motifs is 5. The van der Waals surface area contributed by atoms with Crippen LogP contribution in [0.15, 0.2) is 60.8 Å². The smallest absolute Gasteiger partial charge is 0.322 e. The van der Waals surface area contributed by atoms with E-state index in [1.54, 1.807) is 19.1 Å². The number of carbonyl (C=O) groups is 1. The van der Waals surface area contributed by atoms with Crippen molar-refractivity contribution >= 4 is 23.1 Å². The summed E-state index contributed by atoms with van der Waals surface area (Å²) in [6, 6.07) is 16.3. The molecule has 0 bridgehead atoms. The molecule has 0 spiro atoms. The zero-order chi connectivity index (χ0) is 25.5. The fourth-order valence-electron chi connectivity index (χ4n) is 5.54. The van der Waals surface area contributed by atoms with Crippen LogP contribution in [0, 0.1) is 12.7 Å². The molecule has 0 unspecified atom stereocenters. The van der Waals surface area contributed by atoms with Gasteiger partial charge in [-0.25, -0.2) is 9.18 Å². The molecule has 0 fully saturated rings. The third-order valence-corrected chi connectivity index (χ3v) is 8.68. The number of carbonyl (C=O) groups excluding carboxylic acids is 1. The third-order valence-electron chi connectivity index (χ3n) is 7.35. The van der Waals surface area contributed by atoms with Crippen molar-refractivity contribution in [3.05, 3.63) is 99.4 Å². The Labute approximate surface area is 220 Å². The molecule has 2 aliphatic rings. The van der Waals surface area contributed by atoms with Gasteiger partial charge in [-0.2, -0.15) is 0 Å². The molecule has 37 heavy (non-hydrogen) atoms. The lowest BCUT2D eigenvalue weighted by Crippen LogP contribution is -2.38. The zero-order valence-corrected chi connectivity index (χ0v) is 21.9. The summed E-state index contributed by atoms with van der Waals surface area (Å²) in [4.78, 5) is 17.3. The minimum atomic E-state index is -0.343. The number of halogens is 1. The van der Waals surface area contributed by atoms with Crippen LogP contribution in [-0.2, 0) is 19.4 Å². The molecule has 4 aromatic rings. The first-order chi connectivity index (χ1) is 18.0. The van der Waals surface area contributed by atoms with Crippen molar-refractivity contribution in [1.82, 2.24) is 9.47 Å². The van der Waals surface area contributed by atoms with E-state index >= 15 is 0 Å². The standard InChI is InChI=1S/C30H30FN3O2S/c1-3-36-22-9-6-8-20(16-22)28-26-11-7-15-33(26)29-24(23-10-4-5-12-27(23)37-29)18-34(28)30(35)32-21-14-13-19(2)25(31)17-21/h6-9,11,13-17,28H,3-5,10,12,18H2,1-2H3,(H,32,35)/t28-/m0/s1. The van der Waals surface area contributed by atoms with E-state index in [4.69, 9.17) is 4.74 Å². The van der Waals surface area contributed by atoms with Crippen LogP contribution >= 0.6 is 11.3 Å². The Bertz CT molecular complexity index is 1470. The first kappa shape index (κ1) is 23.8. The number of aromatic nitrogens is 1. The number of amides is 2. The van der Waals surface area contributed by atoms with Crippen LogP contribution in [-0.4, -0.2) is 22.1 Å². The number of thiophene rings is 1. The molecule has 0 saturated carbocycles. The summed E-state index contributed by atoms with van der Waals surface area (Å²) >= 11 is 1.86. The number of aryl methyl sites for hydroxylation is 2. The first-order valence-electron chi connectivity index (χ1n) is 12.9. The number of urea groups is 1. The van der Waals surface area contributed by atoms with Gasteiger partial charge in [0.1, 0.15) is 16.6 Å². The number of hydrogen-bond acceptors (Lipinski definition) is 3. The molecule has 6 rings (SSSR count). The molecule has 3 heterocycles. The lowest BCUT2D eigenvalue weighted by molar-refractivity contribution is 0.194. The van der Waals surface area contributed by atoms with Crippen molar-refractivity contribution in [1.29, 1.82) is 0 Å². The average molecular weight is 516 g/mol. The Morgan fingerprint density at radius 2 is 1.97 bits per heavy atom. The number of benzene rings is 2. The predicted molar refractivity (Wildman–Crippen MR) is 145 cm³/mol. The second kappa shape index (κ2) is 9.71. The second-order valence-corrected chi connectivity index (χ2v) is 10.8. The van der Waals surface area contributed by atoms with E-state index in [2.05, 4.69) is 22.1 Å². The summed E-state index contributed by atoms with van der Waals surface area (Å²) in [6.07, 6.45) is 6.62. The Kier molecular flexibility index (Phi) is 6.24. The molecular formula is C30H30FN3O2S. The van der Waals surface area contributed by atoms with Crippen LogP contribution in [0.25, 0.3) is 5.00 Å². The third kappa shape index (κ3) is 4.31. The Balaban J connectivity index is 1.48. The molecule has 2 amide bonds. The van der Waals surface area contributed by atoms with Gasteiger partial charge in [0.15, 0.2) is 0 Å². The maximum atomic E-state index is 14.3. The van der Waals surface area contributed by atoms with Gasteiger partial charge >= 0.3 is 6.03 Å². The van der Waals surface area contributed by atoms with Gasteiger partial charge in [-0.1, -0.05) is 18.2 Å². The molecule has 1 aliphatic carbocycles. The highest BCUT2D eigenvalue weighted by atomic mass is 32.1. The molecule has 7 heteroatoms. The van der Waals surface area contributed by atoms with Gasteiger partial charge < -0.3 is 19.5 Å². The lowest BCUT2D eigenvalue weighted by Gasteiger charge is -2.31. The highest BCUT2D eigenvalue weighted by Gasteiger charge is 2.36. The van der Waals surface area contributed by atoms with Gasteiger partial charge in [0.05, 0.1) is 24.9 Å². The molecular weight excluding hydrogens is 485 g/mol. The highest BCUT2D eigenvalue weighted by Crippen LogP contribution is 2.44. The maximum absolute atomic E-state index is 14.3. The summed E-state index contributed by atoms with van der Waals surface area (Å²) in [5.74, 6) is 0.438. The number of nitrogens with zero attached hydrogens (tertiary/aromatic N) is 2. The van der Waals surface area contributed by atoms with E-state index in [-0.39, 0.29) is 17.9 Å². The molecule has 2 aromatic carbocycles. The Morgan fingerprint density at radius 1 is 1.11 bits per heavy atom. The number of rotatable bonds is 4. The van der Waals surface area contributed by atoms with Gasteiger partial charge in [-0.05, 0) is 92.6 Å². The topological polar surface area (TPSA) is 46.5 Å². The van der Waals surface area contributed by atoms with Gasteiger partial charge in [0, 0.05) is 22.3 Å². The minimum Gasteiger partial charge on any atom is -0.494 e. The number of ether oxygens (including phenoxy) is 1. The Hall–Kier alpha value is -3.58. The van der Waals surface area contributed by atoms with Crippen molar-refractivity contribution in [3.8, 4) is 10.8 Å². The zero-order valence-electron chi connectivity index (χ0n) is 21.1. The van der Waals surface area contributed by atoms with Gasteiger partial charge in [0.2, 0.25) is 0 Å². The van der Waals surface area contributed by atoms with Crippen LogP contribution < -0.4 is 10.1 Å². The van der Waals surface area contributed by atoms with Gasteiger partial charge in [-0.15, -0.1) is 11.3 Å². The van der Waals surface area contributed by atoms with Crippen LogP contribution in [0.2, 0.25) is 0 Å². The van der Waals surface area contributed by atoms with E-state index < -0.39 is 0 Å². The van der Waals surface area contributed by atoms with Crippen LogP contribution in [0.1, 0.15) is 58.6 Å². The molecule has 1 aliphatic heterocycles. The van der Waals surface area contributed by atoms with Crippen molar-refractivity contribution in [2.24, 2.45) is 0 Å². The summed E-state index contributed by atoms with van der Waals surface area (Å²) in [6.45, 7) is 4.72. The largest absolute Gasteiger partial charge is 0.494 e. The molecule has 190 valence electrons. The van der Waals surface area contributed by atoms with Crippen molar-refractivity contribution < 1.29 is 13.9 Å². The predicted octanol–water partition coefficient (Wildman–Crippen LogP) is 7.40. The average Bonchev–Trinajstić information content (AvgIpc) is 3.48. The van der Waals surface area contributed by atoms with E-state index in [9.17, 15) is 9.18 Å². The van der Waals surface area contributed by atoms with E-state index in [1.807, 2.05) is 53.5 Å². The lowest BCUT2D eigenvalue weighted by atomic mass is 9.95. The van der Waals surface area contributed by atoms with E-state index in [0.29, 0.717) is 24.4 Å². The number of hydrogen-bond donors (Lipinski definition) is 1. The van der Waals surface area contributed by atoms with Crippen molar-refractivity contribution in [2.75, 3.05) is 11.9 Å². The molecule has 2 aromatic heterocycles. The molecule has 1 atom stereocenters.